The third-order valence-corrected chi connectivity index (χ3v) is 6.48. The maximum atomic E-state index is 12.4. The minimum absolute atomic E-state index is 0.190. The first-order chi connectivity index (χ1) is 13.1. The Bertz CT molecular complexity index is 922. The minimum Gasteiger partial charge on any atom is -0.325 e. The van der Waals surface area contributed by atoms with Crippen LogP contribution < -0.4 is 5.32 Å². The van der Waals surface area contributed by atoms with Gasteiger partial charge in [-0.25, -0.2) is 12.7 Å². The Morgan fingerprint density at radius 1 is 1.00 bits per heavy atom. The van der Waals surface area contributed by atoms with Gasteiger partial charge in [0.2, 0.25) is 15.9 Å². The monoisotopic (exact) mass is 403 g/mol. The van der Waals surface area contributed by atoms with E-state index in [9.17, 15) is 13.2 Å². The fourth-order valence-corrected chi connectivity index (χ4v) is 3.99. The summed E-state index contributed by atoms with van der Waals surface area (Å²) in [7, 11) is 1.29. The number of sulfonamides is 1. The molecule has 7 heteroatoms. The molecule has 0 atom stereocenters. The molecule has 6 nitrogen and oxygen atoms in total. The van der Waals surface area contributed by atoms with Gasteiger partial charge in [-0.1, -0.05) is 37.3 Å². The third-order valence-electron chi connectivity index (χ3n) is 4.53. The van der Waals surface area contributed by atoms with Gasteiger partial charge < -0.3 is 5.32 Å². The molecule has 0 aliphatic heterocycles. The smallest absolute Gasteiger partial charge is 0.242 e. The van der Waals surface area contributed by atoms with E-state index in [2.05, 4.69) is 36.5 Å². The molecule has 1 N–H and O–H groups in total. The van der Waals surface area contributed by atoms with E-state index in [1.165, 1.54) is 30.0 Å². The zero-order chi connectivity index (χ0) is 20.9. The summed E-state index contributed by atoms with van der Waals surface area (Å²) in [4.78, 5) is 14.5. The Balaban J connectivity index is 2.02. The highest BCUT2D eigenvalue weighted by Crippen LogP contribution is 2.22. The van der Waals surface area contributed by atoms with E-state index in [1.807, 2.05) is 11.9 Å². The molecule has 0 spiro atoms. The molecule has 0 saturated carbocycles. The minimum atomic E-state index is -3.56. The number of hydrogen-bond donors (Lipinski definition) is 1. The molecular formula is C21H29N3O3S. The van der Waals surface area contributed by atoms with E-state index >= 15 is 0 Å². The SMILES string of the molecule is CCc1ccc(CN(C)CC(=O)Nc2ccc(C)c(S(=O)(=O)N(C)C)c2)cc1. The molecule has 152 valence electrons. The van der Waals surface area contributed by atoms with Gasteiger partial charge in [-0.15, -0.1) is 0 Å². The molecule has 0 aliphatic carbocycles. The summed E-state index contributed by atoms with van der Waals surface area (Å²) in [5, 5.41) is 2.79. The van der Waals surface area contributed by atoms with E-state index in [1.54, 1.807) is 19.1 Å². The Morgan fingerprint density at radius 3 is 2.18 bits per heavy atom. The lowest BCUT2D eigenvalue weighted by atomic mass is 10.1. The molecule has 0 aromatic heterocycles. The van der Waals surface area contributed by atoms with Crippen molar-refractivity contribution in [3.8, 4) is 0 Å². The number of carbonyl (C=O) groups is 1. The van der Waals surface area contributed by atoms with Crippen LogP contribution in [0.3, 0.4) is 0 Å². The standard InChI is InChI=1S/C21H29N3O3S/c1-6-17-8-10-18(11-9-17)14-24(5)15-21(25)22-19-12-7-16(2)20(13-19)28(26,27)23(3)4/h7-13H,6,14-15H2,1-5H3,(H,22,25). The number of benzene rings is 2. The average Bonchev–Trinajstić information content (AvgIpc) is 2.63. The summed E-state index contributed by atoms with van der Waals surface area (Å²) in [6, 6.07) is 13.3. The van der Waals surface area contributed by atoms with Crippen LogP contribution in [0.1, 0.15) is 23.6 Å². The molecule has 0 bridgehead atoms. The Hall–Kier alpha value is -2.22. The van der Waals surface area contributed by atoms with Crippen molar-refractivity contribution in [2.75, 3.05) is 33.0 Å². The largest absolute Gasteiger partial charge is 0.325 e. The van der Waals surface area contributed by atoms with Gasteiger partial charge >= 0.3 is 0 Å². The highest BCUT2D eigenvalue weighted by molar-refractivity contribution is 7.89. The predicted octanol–water partition coefficient (Wildman–Crippen LogP) is 2.88. The molecule has 2 aromatic carbocycles. The number of aryl methyl sites for hydroxylation is 2. The summed E-state index contributed by atoms with van der Waals surface area (Å²) in [6.07, 6.45) is 1.00. The van der Waals surface area contributed by atoms with Gasteiger partial charge in [-0.2, -0.15) is 0 Å². The molecule has 2 rings (SSSR count). The van der Waals surface area contributed by atoms with E-state index in [0.717, 1.165) is 12.0 Å². The number of nitrogens with one attached hydrogen (secondary N) is 1. The number of hydrogen-bond acceptors (Lipinski definition) is 4. The number of rotatable bonds is 8. The maximum Gasteiger partial charge on any atom is 0.242 e. The molecule has 1 amide bonds. The first kappa shape index (κ1) is 22.1. The van der Waals surface area contributed by atoms with Crippen molar-refractivity contribution in [3.63, 3.8) is 0 Å². The highest BCUT2D eigenvalue weighted by atomic mass is 32.2. The second-order valence-electron chi connectivity index (χ2n) is 7.16. The van der Waals surface area contributed by atoms with Crippen molar-refractivity contribution in [1.82, 2.24) is 9.21 Å². The van der Waals surface area contributed by atoms with Crippen molar-refractivity contribution in [3.05, 3.63) is 59.2 Å². The third kappa shape index (κ3) is 5.64. The Morgan fingerprint density at radius 2 is 1.61 bits per heavy atom. The van der Waals surface area contributed by atoms with Crippen molar-refractivity contribution >= 4 is 21.6 Å². The summed E-state index contributed by atoms with van der Waals surface area (Å²) in [5.41, 5.74) is 3.53. The van der Waals surface area contributed by atoms with Crippen LogP contribution in [0.15, 0.2) is 47.4 Å². The van der Waals surface area contributed by atoms with Gasteiger partial charge in [-0.3, -0.25) is 9.69 Å². The molecule has 0 aliphatic rings. The summed E-state index contributed by atoms with van der Waals surface area (Å²) in [5.74, 6) is -0.190. The van der Waals surface area contributed by atoms with Crippen molar-refractivity contribution < 1.29 is 13.2 Å². The average molecular weight is 404 g/mol. The lowest BCUT2D eigenvalue weighted by molar-refractivity contribution is -0.117. The van der Waals surface area contributed by atoms with Gasteiger partial charge in [0.1, 0.15) is 0 Å². The van der Waals surface area contributed by atoms with Crippen molar-refractivity contribution in [2.45, 2.75) is 31.7 Å². The maximum absolute atomic E-state index is 12.4. The van der Waals surface area contributed by atoms with Crippen LogP contribution in [0.25, 0.3) is 0 Å². The van der Waals surface area contributed by atoms with E-state index in [4.69, 9.17) is 0 Å². The van der Waals surface area contributed by atoms with Crippen LogP contribution in [0.2, 0.25) is 0 Å². The number of amides is 1. The van der Waals surface area contributed by atoms with Crippen molar-refractivity contribution in [2.24, 2.45) is 0 Å². The number of anilines is 1. The molecule has 0 unspecified atom stereocenters. The van der Waals surface area contributed by atoms with Gasteiger partial charge in [0.05, 0.1) is 11.4 Å². The van der Waals surface area contributed by atoms with Crippen LogP contribution in [0, 0.1) is 6.92 Å². The molecule has 28 heavy (non-hydrogen) atoms. The zero-order valence-electron chi connectivity index (χ0n) is 17.2. The predicted molar refractivity (Wildman–Crippen MR) is 113 cm³/mol. The van der Waals surface area contributed by atoms with Crippen LogP contribution in [-0.2, 0) is 27.8 Å². The van der Waals surface area contributed by atoms with E-state index in [-0.39, 0.29) is 17.3 Å². The molecule has 0 fully saturated rings. The molecule has 0 heterocycles. The van der Waals surface area contributed by atoms with Gasteiger partial charge in [0, 0.05) is 26.3 Å². The topological polar surface area (TPSA) is 69.7 Å². The fourth-order valence-electron chi connectivity index (χ4n) is 2.85. The lowest BCUT2D eigenvalue weighted by Gasteiger charge is -2.18. The first-order valence-electron chi connectivity index (χ1n) is 9.23. The first-order valence-corrected chi connectivity index (χ1v) is 10.7. The Kier molecular flexibility index (Phi) is 7.35. The molecule has 0 saturated heterocycles. The second-order valence-corrected chi connectivity index (χ2v) is 9.28. The van der Waals surface area contributed by atoms with Crippen molar-refractivity contribution in [1.29, 1.82) is 0 Å². The molecule has 2 aromatic rings. The van der Waals surface area contributed by atoms with E-state index < -0.39 is 10.0 Å². The van der Waals surface area contributed by atoms with E-state index in [0.29, 0.717) is 17.8 Å². The van der Waals surface area contributed by atoms with Gasteiger partial charge in [0.15, 0.2) is 0 Å². The quantitative estimate of drug-likeness (QED) is 0.736. The molecule has 0 radical (unpaired) electrons. The number of nitrogens with zero attached hydrogens (tertiary/aromatic N) is 2. The van der Waals surface area contributed by atoms with Crippen LogP contribution in [0.5, 0.6) is 0 Å². The normalized spacial score (nSPS) is 11.8. The van der Waals surface area contributed by atoms with Gasteiger partial charge in [0.25, 0.3) is 0 Å². The Labute approximate surface area is 168 Å². The number of carbonyl (C=O) groups excluding carboxylic acids is 1. The lowest BCUT2D eigenvalue weighted by Crippen LogP contribution is -2.30. The highest BCUT2D eigenvalue weighted by Gasteiger charge is 2.20. The van der Waals surface area contributed by atoms with Crippen LogP contribution in [0.4, 0.5) is 5.69 Å². The second kappa shape index (κ2) is 9.32. The fraction of sp³-hybridized carbons (Fsp3) is 0.381. The summed E-state index contributed by atoms with van der Waals surface area (Å²) >= 11 is 0. The van der Waals surface area contributed by atoms with Gasteiger partial charge in [-0.05, 0) is 49.2 Å². The number of likely N-dealkylation sites (N-methyl/N-ethyl adjacent to an activating group) is 1. The molecular weight excluding hydrogens is 374 g/mol. The zero-order valence-corrected chi connectivity index (χ0v) is 18.0. The van der Waals surface area contributed by atoms with Crippen LogP contribution >= 0.6 is 0 Å². The summed E-state index contributed by atoms with van der Waals surface area (Å²) < 4.78 is 26.0. The van der Waals surface area contributed by atoms with Crippen LogP contribution in [-0.4, -0.2) is 51.2 Å². The summed E-state index contributed by atoms with van der Waals surface area (Å²) in [6.45, 7) is 4.72.